The molecule has 0 aliphatic carbocycles. The van der Waals surface area contributed by atoms with Crippen LogP contribution in [-0.2, 0) is 4.79 Å². The lowest BCUT2D eigenvalue weighted by molar-refractivity contribution is -0.112. The molecule has 0 fully saturated rings. The van der Waals surface area contributed by atoms with E-state index in [1.807, 2.05) is 14.0 Å². The van der Waals surface area contributed by atoms with Gasteiger partial charge < -0.3 is 10.1 Å². The summed E-state index contributed by atoms with van der Waals surface area (Å²) in [7, 11) is 1.83. The fraction of sp³-hybridized carbons (Fsp3) is 0.357. The van der Waals surface area contributed by atoms with Crippen LogP contribution in [0.5, 0.6) is 5.75 Å². The largest absolute Gasteiger partial charge is 0.489 e. The summed E-state index contributed by atoms with van der Waals surface area (Å²) in [6.07, 6.45) is 2.91. The lowest BCUT2D eigenvalue weighted by Crippen LogP contribution is -2.26. The van der Waals surface area contributed by atoms with E-state index in [1.165, 1.54) is 25.1 Å². The average molecular weight is 251 g/mol. The molecule has 0 saturated heterocycles. The zero-order valence-electron chi connectivity index (χ0n) is 10.9. The first-order chi connectivity index (χ1) is 8.51. The molecule has 0 heterocycles. The second-order valence-electron chi connectivity index (χ2n) is 4.15. The summed E-state index contributed by atoms with van der Waals surface area (Å²) in [5.74, 6) is -0.00130. The van der Waals surface area contributed by atoms with E-state index in [9.17, 15) is 9.18 Å². The van der Waals surface area contributed by atoms with Gasteiger partial charge in [0.2, 0.25) is 0 Å². The summed E-state index contributed by atoms with van der Waals surface area (Å²) in [5, 5.41) is 2.98. The Balaban J connectivity index is 2.83. The van der Waals surface area contributed by atoms with Crippen LogP contribution in [-0.4, -0.2) is 25.5 Å². The molecule has 18 heavy (non-hydrogen) atoms. The topological polar surface area (TPSA) is 38.3 Å². The quantitative estimate of drug-likeness (QED) is 0.789. The number of carbonyl (C=O) groups excluding carboxylic acids is 1. The first-order valence-corrected chi connectivity index (χ1v) is 5.81. The van der Waals surface area contributed by atoms with Crippen LogP contribution < -0.4 is 10.1 Å². The number of rotatable bonds is 6. The highest BCUT2D eigenvalue weighted by Crippen LogP contribution is 2.18. The van der Waals surface area contributed by atoms with Gasteiger partial charge in [0.1, 0.15) is 17.7 Å². The predicted molar refractivity (Wildman–Crippen MR) is 70.1 cm³/mol. The van der Waals surface area contributed by atoms with Crippen molar-refractivity contribution in [1.29, 1.82) is 0 Å². The number of carbonyl (C=O) groups is 1. The second-order valence-corrected chi connectivity index (χ2v) is 4.15. The number of allylic oxidation sites excluding steroid dienone is 1. The van der Waals surface area contributed by atoms with Gasteiger partial charge in [-0.05, 0) is 44.7 Å². The maximum atomic E-state index is 13.4. The monoisotopic (exact) mass is 251 g/mol. The van der Waals surface area contributed by atoms with Crippen molar-refractivity contribution in [3.63, 3.8) is 0 Å². The zero-order chi connectivity index (χ0) is 13.5. The normalized spacial score (nSPS) is 12.7. The minimum atomic E-state index is -0.382. The number of hydrogen-bond donors (Lipinski definition) is 1. The van der Waals surface area contributed by atoms with Gasteiger partial charge >= 0.3 is 0 Å². The third-order valence-electron chi connectivity index (χ3n) is 2.23. The maximum absolute atomic E-state index is 13.4. The summed E-state index contributed by atoms with van der Waals surface area (Å²) in [6.45, 7) is 4.02. The van der Waals surface area contributed by atoms with Gasteiger partial charge in [0.25, 0.3) is 0 Å². The third kappa shape index (κ3) is 5.10. The summed E-state index contributed by atoms with van der Waals surface area (Å²) >= 11 is 0. The summed E-state index contributed by atoms with van der Waals surface area (Å²) in [4.78, 5) is 10.8. The Morgan fingerprint density at radius 3 is 2.83 bits per heavy atom. The minimum Gasteiger partial charge on any atom is -0.489 e. The molecule has 0 bridgehead atoms. The minimum absolute atomic E-state index is 0.0542. The van der Waals surface area contributed by atoms with Crippen LogP contribution in [0.3, 0.4) is 0 Å². The van der Waals surface area contributed by atoms with E-state index in [0.717, 1.165) is 0 Å². The van der Waals surface area contributed by atoms with E-state index in [0.29, 0.717) is 17.9 Å². The molecule has 0 aromatic heterocycles. The molecular formula is C14H18FNO2. The Morgan fingerprint density at radius 1 is 1.50 bits per heavy atom. The Hall–Kier alpha value is -1.68. The Bertz CT molecular complexity index is 443. The van der Waals surface area contributed by atoms with Gasteiger partial charge in [-0.2, -0.15) is 0 Å². The number of nitrogens with one attached hydrogen (secondary N) is 1. The highest BCUT2D eigenvalue weighted by molar-refractivity contribution is 5.91. The lowest BCUT2D eigenvalue weighted by atomic mass is 10.2. The van der Waals surface area contributed by atoms with Crippen molar-refractivity contribution in [3.05, 3.63) is 35.7 Å². The van der Waals surface area contributed by atoms with Crippen LogP contribution in [0.15, 0.2) is 24.3 Å². The van der Waals surface area contributed by atoms with Gasteiger partial charge in [0.15, 0.2) is 5.78 Å². The number of benzene rings is 1. The summed E-state index contributed by atoms with van der Waals surface area (Å²) < 4.78 is 18.9. The van der Waals surface area contributed by atoms with Gasteiger partial charge in [-0.3, -0.25) is 4.79 Å². The fourth-order valence-electron chi connectivity index (χ4n) is 1.52. The average Bonchev–Trinajstić information content (AvgIpc) is 2.25. The van der Waals surface area contributed by atoms with Crippen LogP contribution in [0.4, 0.5) is 4.39 Å². The van der Waals surface area contributed by atoms with E-state index in [2.05, 4.69) is 5.32 Å². The van der Waals surface area contributed by atoms with Crippen molar-refractivity contribution in [2.24, 2.45) is 0 Å². The van der Waals surface area contributed by atoms with Gasteiger partial charge in [-0.25, -0.2) is 4.39 Å². The van der Waals surface area contributed by atoms with Crippen LogP contribution >= 0.6 is 0 Å². The molecule has 0 aliphatic heterocycles. The number of ether oxygens (including phenoxy) is 1. The van der Waals surface area contributed by atoms with Crippen molar-refractivity contribution in [2.45, 2.75) is 20.0 Å². The highest BCUT2D eigenvalue weighted by atomic mass is 19.1. The molecule has 0 radical (unpaired) electrons. The molecule has 0 spiro atoms. The van der Waals surface area contributed by atoms with E-state index in [1.54, 1.807) is 12.1 Å². The van der Waals surface area contributed by atoms with Crippen molar-refractivity contribution >= 4 is 11.9 Å². The first kappa shape index (κ1) is 14.4. The smallest absolute Gasteiger partial charge is 0.152 e. The molecule has 1 aromatic rings. The number of hydrogen-bond acceptors (Lipinski definition) is 3. The van der Waals surface area contributed by atoms with Gasteiger partial charge in [0, 0.05) is 12.6 Å². The highest BCUT2D eigenvalue weighted by Gasteiger charge is 2.05. The van der Waals surface area contributed by atoms with Gasteiger partial charge in [-0.1, -0.05) is 6.08 Å². The number of ketones is 1. The van der Waals surface area contributed by atoms with E-state index in [4.69, 9.17) is 4.74 Å². The first-order valence-electron chi connectivity index (χ1n) is 5.81. The number of likely N-dealkylation sites (N-methyl/N-ethyl adjacent to an activating group) is 1. The molecule has 98 valence electrons. The Labute approximate surface area is 107 Å². The van der Waals surface area contributed by atoms with Crippen LogP contribution in [0.1, 0.15) is 19.4 Å². The second kappa shape index (κ2) is 6.91. The zero-order valence-corrected chi connectivity index (χ0v) is 10.9. The third-order valence-corrected chi connectivity index (χ3v) is 2.23. The molecule has 1 unspecified atom stereocenters. The molecule has 4 heteroatoms. The maximum Gasteiger partial charge on any atom is 0.152 e. The Kier molecular flexibility index (Phi) is 5.52. The molecule has 1 rings (SSSR count). The molecule has 1 N–H and O–H groups in total. The van der Waals surface area contributed by atoms with Crippen molar-refractivity contribution in [3.8, 4) is 5.75 Å². The standard InChI is InChI=1S/C14H18FNO2/c1-10(17)4-5-12-6-13(15)8-14(7-12)18-11(2)9-16-3/h4-8,11,16H,9H2,1-3H3/b5-4+. The van der Waals surface area contributed by atoms with Crippen molar-refractivity contribution < 1.29 is 13.9 Å². The SMILES string of the molecule is CNCC(C)Oc1cc(F)cc(/C=C/C(C)=O)c1. The van der Waals surface area contributed by atoms with Crippen LogP contribution in [0.25, 0.3) is 6.08 Å². The van der Waals surface area contributed by atoms with Gasteiger partial charge in [0.05, 0.1) is 0 Å². The van der Waals surface area contributed by atoms with Crippen molar-refractivity contribution in [2.75, 3.05) is 13.6 Å². The van der Waals surface area contributed by atoms with Crippen LogP contribution in [0.2, 0.25) is 0 Å². The Morgan fingerprint density at radius 2 is 2.22 bits per heavy atom. The fourth-order valence-corrected chi connectivity index (χ4v) is 1.52. The molecule has 0 saturated carbocycles. The molecule has 3 nitrogen and oxygen atoms in total. The lowest BCUT2D eigenvalue weighted by Gasteiger charge is -2.14. The van der Waals surface area contributed by atoms with E-state index in [-0.39, 0.29) is 17.7 Å². The summed E-state index contributed by atoms with van der Waals surface area (Å²) in [5.41, 5.74) is 0.608. The molecule has 1 atom stereocenters. The number of halogens is 1. The molecular weight excluding hydrogens is 233 g/mol. The molecule has 0 amide bonds. The molecule has 0 aliphatic rings. The van der Waals surface area contributed by atoms with E-state index >= 15 is 0 Å². The molecule has 1 aromatic carbocycles. The van der Waals surface area contributed by atoms with Crippen LogP contribution in [0, 0.1) is 5.82 Å². The van der Waals surface area contributed by atoms with Gasteiger partial charge in [-0.15, -0.1) is 0 Å². The predicted octanol–water partition coefficient (Wildman–Crippen LogP) is 2.41. The van der Waals surface area contributed by atoms with Crippen molar-refractivity contribution in [1.82, 2.24) is 5.32 Å². The van der Waals surface area contributed by atoms with E-state index < -0.39 is 0 Å². The summed E-state index contributed by atoms with van der Waals surface area (Å²) in [6, 6.07) is 4.39.